The van der Waals surface area contributed by atoms with Gasteiger partial charge in [0, 0.05) is 25.7 Å². The van der Waals surface area contributed by atoms with Crippen LogP contribution in [0, 0.1) is 0 Å². The molecule has 2 atom stereocenters. The van der Waals surface area contributed by atoms with Crippen molar-refractivity contribution in [3.8, 4) is 0 Å². The number of rotatable bonds is 5. The lowest BCUT2D eigenvalue weighted by Gasteiger charge is -2.22. The molecule has 0 aromatic heterocycles. The van der Waals surface area contributed by atoms with Crippen LogP contribution in [0.3, 0.4) is 0 Å². The van der Waals surface area contributed by atoms with E-state index in [1.807, 2.05) is 0 Å². The lowest BCUT2D eigenvalue weighted by Crippen LogP contribution is -2.36. The Hall–Kier alpha value is -0.120. The summed E-state index contributed by atoms with van der Waals surface area (Å²) in [4.78, 5) is 2.47. The number of hydrogen-bond acceptors (Lipinski definition) is 3. The molecule has 0 radical (unpaired) electrons. The van der Waals surface area contributed by atoms with Crippen molar-refractivity contribution in [3.63, 3.8) is 0 Å². The van der Waals surface area contributed by atoms with Gasteiger partial charge in [-0.05, 0) is 39.2 Å². The first-order valence-corrected chi connectivity index (χ1v) is 6.32. The van der Waals surface area contributed by atoms with Gasteiger partial charge in [-0.2, -0.15) is 0 Å². The smallest absolute Gasteiger partial charge is 0.0587 e. The molecule has 1 fully saturated rings. The fourth-order valence-corrected chi connectivity index (χ4v) is 2.17. The second-order valence-corrected chi connectivity index (χ2v) is 4.70. The van der Waals surface area contributed by atoms with Crippen molar-refractivity contribution in [2.75, 3.05) is 26.2 Å². The number of likely N-dealkylation sites (tertiary alicyclic amines) is 1. The average Bonchev–Trinajstić information content (AvgIpc) is 2.40. The van der Waals surface area contributed by atoms with Crippen LogP contribution in [0.2, 0.25) is 0 Å². The molecule has 0 bridgehead atoms. The normalized spacial score (nSPS) is 26.2. The van der Waals surface area contributed by atoms with Crippen molar-refractivity contribution in [3.05, 3.63) is 0 Å². The zero-order chi connectivity index (χ0) is 11.1. The quantitative estimate of drug-likeness (QED) is 0.755. The van der Waals surface area contributed by atoms with E-state index in [0.29, 0.717) is 6.10 Å². The summed E-state index contributed by atoms with van der Waals surface area (Å²) in [5.41, 5.74) is 5.82. The molecule has 0 aromatic carbocycles. The third-order valence-electron chi connectivity index (χ3n) is 2.87. The van der Waals surface area contributed by atoms with Crippen LogP contribution in [-0.2, 0) is 4.74 Å². The Morgan fingerprint density at radius 3 is 2.87 bits per heavy atom. The molecule has 0 amide bonds. The molecular formula is C12H26N2O. The van der Waals surface area contributed by atoms with E-state index < -0.39 is 0 Å². The highest BCUT2D eigenvalue weighted by Crippen LogP contribution is 2.14. The van der Waals surface area contributed by atoms with E-state index >= 15 is 0 Å². The highest BCUT2D eigenvalue weighted by molar-refractivity contribution is 4.72. The first-order valence-electron chi connectivity index (χ1n) is 6.32. The third kappa shape index (κ3) is 5.50. The van der Waals surface area contributed by atoms with E-state index in [-0.39, 0.29) is 6.04 Å². The summed E-state index contributed by atoms with van der Waals surface area (Å²) in [5, 5.41) is 0. The zero-order valence-electron chi connectivity index (χ0n) is 10.2. The van der Waals surface area contributed by atoms with Gasteiger partial charge < -0.3 is 15.4 Å². The van der Waals surface area contributed by atoms with Gasteiger partial charge in [-0.1, -0.05) is 6.92 Å². The van der Waals surface area contributed by atoms with Crippen LogP contribution in [-0.4, -0.2) is 43.3 Å². The Balaban J connectivity index is 2.22. The van der Waals surface area contributed by atoms with E-state index in [1.165, 1.54) is 25.8 Å². The molecule has 0 spiro atoms. The Morgan fingerprint density at radius 2 is 2.20 bits per heavy atom. The van der Waals surface area contributed by atoms with Crippen molar-refractivity contribution in [1.82, 2.24) is 4.90 Å². The van der Waals surface area contributed by atoms with Crippen molar-refractivity contribution in [2.24, 2.45) is 5.73 Å². The summed E-state index contributed by atoms with van der Waals surface area (Å²) in [7, 11) is 0. The monoisotopic (exact) mass is 214 g/mol. The van der Waals surface area contributed by atoms with Crippen molar-refractivity contribution < 1.29 is 4.74 Å². The first-order chi connectivity index (χ1) is 7.22. The number of nitrogens with two attached hydrogens (primary N) is 1. The minimum Gasteiger partial charge on any atom is -0.378 e. The summed E-state index contributed by atoms with van der Waals surface area (Å²) in [6.07, 6.45) is 5.26. The molecule has 3 nitrogen and oxygen atoms in total. The van der Waals surface area contributed by atoms with Crippen LogP contribution < -0.4 is 5.73 Å². The zero-order valence-corrected chi connectivity index (χ0v) is 10.2. The molecule has 3 heteroatoms. The van der Waals surface area contributed by atoms with Gasteiger partial charge in [0.2, 0.25) is 0 Å². The van der Waals surface area contributed by atoms with Gasteiger partial charge in [0.15, 0.2) is 0 Å². The maximum absolute atomic E-state index is 5.82. The molecule has 2 N–H and O–H groups in total. The molecule has 90 valence electrons. The lowest BCUT2D eigenvalue weighted by molar-refractivity contribution is 0.0438. The van der Waals surface area contributed by atoms with Crippen molar-refractivity contribution >= 4 is 0 Å². The summed E-state index contributed by atoms with van der Waals surface area (Å²) in [5.74, 6) is 0. The lowest BCUT2D eigenvalue weighted by atomic mass is 10.2. The molecular weight excluding hydrogens is 188 g/mol. The van der Waals surface area contributed by atoms with E-state index in [4.69, 9.17) is 10.5 Å². The fraction of sp³-hybridized carbons (Fsp3) is 1.00. The van der Waals surface area contributed by atoms with Crippen molar-refractivity contribution in [2.45, 2.75) is 51.7 Å². The molecule has 1 aliphatic rings. The highest BCUT2D eigenvalue weighted by Gasteiger charge is 2.17. The van der Waals surface area contributed by atoms with Gasteiger partial charge in [0.1, 0.15) is 0 Å². The molecule has 1 heterocycles. The second kappa shape index (κ2) is 7.20. The number of hydrogen-bond donors (Lipinski definition) is 1. The first kappa shape index (κ1) is 12.9. The molecule has 0 aliphatic carbocycles. The molecule has 15 heavy (non-hydrogen) atoms. The standard InChI is InChI=1S/C12H26N2O/c1-3-9-15-12-5-4-7-14(8-6-12)10-11(2)13/h11-12H,3-10,13H2,1-2H3. The van der Waals surface area contributed by atoms with Crippen LogP contribution in [0.4, 0.5) is 0 Å². The van der Waals surface area contributed by atoms with E-state index in [0.717, 1.165) is 26.1 Å². The van der Waals surface area contributed by atoms with Gasteiger partial charge in [0.05, 0.1) is 6.10 Å². The van der Waals surface area contributed by atoms with Crippen LogP contribution in [0.1, 0.15) is 39.5 Å². The molecule has 0 saturated carbocycles. The van der Waals surface area contributed by atoms with E-state index in [2.05, 4.69) is 18.7 Å². The highest BCUT2D eigenvalue weighted by atomic mass is 16.5. The summed E-state index contributed by atoms with van der Waals surface area (Å²) >= 11 is 0. The van der Waals surface area contributed by atoms with E-state index in [1.54, 1.807) is 0 Å². The summed E-state index contributed by atoms with van der Waals surface area (Å²) in [6, 6.07) is 0.290. The number of nitrogens with zero attached hydrogens (tertiary/aromatic N) is 1. The maximum atomic E-state index is 5.82. The van der Waals surface area contributed by atoms with Gasteiger partial charge in [-0.15, -0.1) is 0 Å². The topological polar surface area (TPSA) is 38.5 Å². The van der Waals surface area contributed by atoms with Crippen LogP contribution in [0.15, 0.2) is 0 Å². The van der Waals surface area contributed by atoms with Gasteiger partial charge in [-0.25, -0.2) is 0 Å². The average molecular weight is 214 g/mol. The predicted octanol–water partition coefficient (Wildman–Crippen LogP) is 1.61. The fourth-order valence-electron chi connectivity index (χ4n) is 2.17. The van der Waals surface area contributed by atoms with Crippen LogP contribution in [0.25, 0.3) is 0 Å². The van der Waals surface area contributed by atoms with Crippen LogP contribution in [0.5, 0.6) is 0 Å². The Kier molecular flexibility index (Phi) is 6.22. The summed E-state index contributed by atoms with van der Waals surface area (Å²) in [6.45, 7) is 8.52. The minimum absolute atomic E-state index is 0.290. The second-order valence-electron chi connectivity index (χ2n) is 4.70. The SMILES string of the molecule is CCCOC1CCCN(CC(C)N)CC1. The summed E-state index contributed by atoms with van der Waals surface area (Å²) < 4.78 is 5.81. The van der Waals surface area contributed by atoms with Gasteiger partial charge in [-0.3, -0.25) is 0 Å². The number of ether oxygens (including phenoxy) is 1. The van der Waals surface area contributed by atoms with E-state index in [9.17, 15) is 0 Å². The molecule has 2 unspecified atom stereocenters. The van der Waals surface area contributed by atoms with Crippen LogP contribution >= 0.6 is 0 Å². The Labute approximate surface area is 94.0 Å². The third-order valence-corrected chi connectivity index (χ3v) is 2.87. The molecule has 0 aromatic rings. The van der Waals surface area contributed by atoms with Gasteiger partial charge >= 0.3 is 0 Å². The molecule has 1 aliphatic heterocycles. The van der Waals surface area contributed by atoms with Crippen molar-refractivity contribution in [1.29, 1.82) is 0 Å². The molecule has 1 saturated heterocycles. The molecule has 1 rings (SSSR count). The predicted molar refractivity (Wildman–Crippen MR) is 64.0 cm³/mol. The maximum Gasteiger partial charge on any atom is 0.0587 e. The van der Waals surface area contributed by atoms with Gasteiger partial charge in [0.25, 0.3) is 0 Å². The Morgan fingerprint density at radius 1 is 1.40 bits per heavy atom. The minimum atomic E-state index is 0.290. The largest absolute Gasteiger partial charge is 0.378 e. The Bertz CT molecular complexity index is 162.